The summed E-state index contributed by atoms with van der Waals surface area (Å²) in [5.41, 5.74) is 1.05. The standard InChI is InChI=1S/C16H18N2O/c1-12(19)16(18-8-4-5-9-18)15-11-17-10-13-6-2-3-7-14(13)15/h2-3,6-7,10-11,16H,4-5,8-9H2,1H3. The summed E-state index contributed by atoms with van der Waals surface area (Å²) >= 11 is 0. The molecule has 1 aliphatic rings. The molecule has 3 nitrogen and oxygen atoms in total. The van der Waals surface area contributed by atoms with Gasteiger partial charge in [-0.05, 0) is 38.2 Å². The molecule has 1 aromatic heterocycles. The minimum atomic E-state index is -0.138. The predicted molar refractivity (Wildman–Crippen MR) is 76.0 cm³/mol. The van der Waals surface area contributed by atoms with Crippen LogP contribution < -0.4 is 0 Å². The molecule has 0 bridgehead atoms. The molecule has 0 aliphatic carbocycles. The molecule has 3 rings (SSSR count). The highest BCUT2D eigenvalue weighted by atomic mass is 16.1. The Morgan fingerprint density at radius 1 is 1.21 bits per heavy atom. The zero-order chi connectivity index (χ0) is 13.2. The number of carbonyl (C=O) groups is 1. The van der Waals surface area contributed by atoms with Crippen LogP contribution in [-0.2, 0) is 4.79 Å². The molecule has 0 amide bonds. The molecule has 0 spiro atoms. The molecule has 1 unspecified atom stereocenters. The fourth-order valence-electron chi connectivity index (χ4n) is 3.03. The molecule has 98 valence electrons. The van der Waals surface area contributed by atoms with Gasteiger partial charge in [-0.25, -0.2) is 0 Å². The van der Waals surface area contributed by atoms with Crippen molar-refractivity contribution in [1.29, 1.82) is 0 Å². The van der Waals surface area contributed by atoms with Gasteiger partial charge in [-0.15, -0.1) is 0 Å². The van der Waals surface area contributed by atoms with Gasteiger partial charge >= 0.3 is 0 Å². The lowest BCUT2D eigenvalue weighted by Gasteiger charge is -2.26. The van der Waals surface area contributed by atoms with Gasteiger partial charge < -0.3 is 0 Å². The second-order valence-electron chi connectivity index (χ2n) is 5.21. The lowest BCUT2D eigenvalue weighted by molar-refractivity contribution is -0.122. The Hall–Kier alpha value is -1.74. The van der Waals surface area contributed by atoms with Crippen molar-refractivity contribution < 1.29 is 4.79 Å². The number of nitrogens with zero attached hydrogens (tertiary/aromatic N) is 2. The molecule has 1 aromatic carbocycles. The van der Waals surface area contributed by atoms with Crippen LogP contribution >= 0.6 is 0 Å². The molecule has 1 saturated heterocycles. The number of rotatable bonds is 3. The second kappa shape index (κ2) is 5.10. The van der Waals surface area contributed by atoms with E-state index in [2.05, 4.69) is 16.0 Å². The van der Waals surface area contributed by atoms with Crippen LogP contribution in [0.15, 0.2) is 36.7 Å². The number of carbonyl (C=O) groups excluding carboxylic acids is 1. The summed E-state index contributed by atoms with van der Waals surface area (Å²) in [5.74, 6) is 0.208. The Balaban J connectivity index is 2.12. The number of hydrogen-bond donors (Lipinski definition) is 0. The summed E-state index contributed by atoms with van der Waals surface area (Å²) in [6.45, 7) is 3.70. The fraction of sp³-hybridized carbons (Fsp3) is 0.375. The Morgan fingerprint density at radius 3 is 2.68 bits per heavy atom. The largest absolute Gasteiger partial charge is 0.298 e. The van der Waals surface area contributed by atoms with E-state index in [-0.39, 0.29) is 11.8 Å². The summed E-state index contributed by atoms with van der Waals surface area (Å²) in [5, 5.41) is 2.25. The molecule has 0 N–H and O–H groups in total. The van der Waals surface area contributed by atoms with Gasteiger partial charge in [-0.3, -0.25) is 14.7 Å². The van der Waals surface area contributed by atoms with Crippen molar-refractivity contribution in [3.8, 4) is 0 Å². The van der Waals surface area contributed by atoms with E-state index in [0.717, 1.165) is 29.4 Å². The highest BCUT2D eigenvalue weighted by Gasteiger charge is 2.28. The van der Waals surface area contributed by atoms with Gasteiger partial charge in [0.2, 0.25) is 0 Å². The van der Waals surface area contributed by atoms with E-state index in [4.69, 9.17) is 0 Å². The minimum absolute atomic E-state index is 0.138. The van der Waals surface area contributed by atoms with Crippen LogP contribution in [0.3, 0.4) is 0 Å². The Kier molecular flexibility index (Phi) is 3.30. The van der Waals surface area contributed by atoms with Crippen LogP contribution in [0.5, 0.6) is 0 Å². The van der Waals surface area contributed by atoms with Gasteiger partial charge in [0.1, 0.15) is 0 Å². The quantitative estimate of drug-likeness (QED) is 0.844. The van der Waals surface area contributed by atoms with E-state index < -0.39 is 0 Å². The van der Waals surface area contributed by atoms with Crippen molar-refractivity contribution in [3.63, 3.8) is 0 Å². The summed E-state index contributed by atoms with van der Waals surface area (Å²) in [6.07, 6.45) is 6.08. The van der Waals surface area contributed by atoms with Crippen molar-refractivity contribution >= 4 is 16.6 Å². The fourth-order valence-corrected chi connectivity index (χ4v) is 3.03. The average molecular weight is 254 g/mol. The smallest absolute Gasteiger partial charge is 0.151 e. The van der Waals surface area contributed by atoms with Gasteiger partial charge in [-0.2, -0.15) is 0 Å². The number of hydrogen-bond acceptors (Lipinski definition) is 3. The highest BCUT2D eigenvalue weighted by Crippen LogP contribution is 2.30. The van der Waals surface area contributed by atoms with Crippen LogP contribution in [0.25, 0.3) is 10.8 Å². The Morgan fingerprint density at radius 2 is 1.95 bits per heavy atom. The number of likely N-dealkylation sites (tertiary alicyclic amines) is 1. The minimum Gasteiger partial charge on any atom is -0.298 e. The third kappa shape index (κ3) is 2.26. The van der Waals surface area contributed by atoms with Gasteiger partial charge in [0.25, 0.3) is 0 Å². The average Bonchev–Trinajstić information content (AvgIpc) is 2.93. The second-order valence-corrected chi connectivity index (χ2v) is 5.21. The SMILES string of the molecule is CC(=O)C(c1cncc2ccccc12)N1CCCC1. The van der Waals surface area contributed by atoms with Crippen LogP contribution in [0.1, 0.15) is 31.4 Å². The molecule has 0 radical (unpaired) electrons. The van der Waals surface area contributed by atoms with E-state index in [9.17, 15) is 4.79 Å². The normalized spacial score (nSPS) is 17.7. The monoisotopic (exact) mass is 254 g/mol. The maximum Gasteiger partial charge on any atom is 0.151 e. The van der Waals surface area contributed by atoms with Crippen molar-refractivity contribution in [2.24, 2.45) is 0 Å². The lowest BCUT2D eigenvalue weighted by Crippen LogP contribution is -2.30. The molecule has 1 atom stereocenters. The summed E-state index contributed by atoms with van der Waals surface area (Å²) < 4.78 is 0. The van der Waals surface area contributed by atoms with E-state index in [0.29, 0.717) is 0 Å². The van der Waals surface area contributed by atoms with E-state index in [1.165, 1.54) is 12.8 Å². The Bertz CT molecular complexity index is 597. The molecular weight excluding hydrogens is 236 g/mol. The lowest BCUT2D eigenvalue weighted by atomic mass is 9.98. The summed E-state index contributed by atoms with van der Waals surface area (Å²) in [4.78, 5) is 18.7. The summed E-state index contributed by atoms with van der Waals surface area (Å²) in [7, 11) is 0. The number of benzene rings is 1. The van der Waals surface area contributed by atoms with Crippen LogP contribution in [0.4, 0.5) is 0 Å². The van der Waals surface area contributed by atoms with Crippen molar-refractivity contribution in [2.45, 2.75) is 25.8 Å². The van der Waals surface area contributed by atoms with E-state index in [1.54, 1.807) is 6.92 Å². The molecule has 19 heavy (non-hydrogen) atoms. The first-order valence-corrected chi connectivity index (χ1v) is 6.84. The maximum absolute atomic E-state index is 12.1. The van der Waals surface area contributed by atoms with Crippen LogP contribution in [0.2, 0.25) is 0 Å². The molecule has 1 fully saturated rings. The first-order valence-electron chi connectivity index (χ1n) is 6.84. The van der Waals surface area contributed by atoms with E-state index in [1.807, 2.05) is 30.6 Å². The molecule has 1 aliphatic heterocycles. The number of ketones is 1. The molecule has 2 heterocycles. The van der Waals surface area contributed by atoms with Gasteiger partial charge in [0, 0.05) is 23.3 Å². The molecule has 0 saturated carbocycles. The third-order valence-corrected chi connectivity index (χ3v) is 3.88. The zero-order valence-corrected chi connectivity index (χ0v) is 11.2. The van der Waals surface area contributed by atoms with Crippen molar-refractivity contribution in [3.05, 3.63) is 42.2 Å². The van der Waals surface area contributed by atoms with Gasteiger partial charge in [0.15, 0.2) is 5.78 Å². The van der Waals surface area contributed by atoms with Crippen LogP contribution in [-0.4, -0.2) is 28.8 Å². The highest BCUT2D eigenvalue weighted by molar-refractivity contribution is 5.92. The van der Waals surface area contributed by atoms with Crippen LogP contribution in [0, 0.1) is 0 Å². The Labute approximate surface area is 113 Å². The number of pyridine rings is 1. The third-order valence-electron chi connectivity index (χ3n) is 3.88. The first kappa shape index (κ1) is 12.3. The molecular formula is C16H18N2O. The maximum atomic E-state index is 12.1. The van der Waals surface area contributed by atoms with Crippen molar-refractivity contribution in [2.75, 3.05) is 13.1 Å². The number of Topliss-reactive ketones (excluding diaryl/α,β-unsaturated/α-hetero) is 1. The zero-order valence-electron chi connectivity index (χ0n) is 11.2. The topological polar surface area (TPSA) is 33.2 Å². The molecule has 2 aromatic rings. The van der Waals surface area contributed by atoms with Gasteiger partial charge in [0.05, 0.1) is 6.04 Å². The first-order chi connectivity index (χ1) is 9.27. The number of aromatic nitrogens is 1. The van der Waals surface area contributed by atoms with Crippen molar-refractivity contribution in [1.82, 2.24) is 9.88 Å². The molecule has 3 heteroatoms. The predicted octanol–water partition coefficient (Wildman–Crippen LogP) is 2.96. The van der Waals surface area contributed by atoms with Gasteiger partial charge in [-0.1, -0.05) is 24.3 Å². The summed E-state index contributed by atoms with van der Waals surface area (Å²) in [6, 6.07) is 8.02. The number of fused-ring (bicyclic) bond motifs is 1. The van der Waals surface area contributed by atoms with E-state index >= 15 is 0 Å².